The van der Waals surface area contributed by atoms with Crippen molar-refractivity contribution in [3.8, 4) is 0 Å². The van der Waals surface area contributed by atoms with Crippen molar-refractivity contribution in [2.24, 2.45) is 0 Å². The molecule has 2 aromatic heterocycles. The summed E-state index contributed by atoms with van der Waals surface area (Å²) < 4.78 is 25.1. The summed E-state index contributed by atoms with van der Waals surface area (Å²) in [6.07, 6.45) is 3.70. The van der Waals surface area contributed by atoms with E-state index in [-0.39, 0.29) is 23.5 Å². The Balaban J connectivity index is 1.61. The van der Waals surface area contributed by atoms with Crippen molar-refractivity contribution in [3.05, 3.63) is 54.0 Å². The molecule has 1 unspecified atom stereocenters. The fourth-order valence-corrected chi connectivity index (χ4v) is 5.07. The lowest BCUT2D eigenvalue weighted by molar-refractivity contribution is 0.102. The number of anilines is 1. The van der Waals surface area contributed by atoms with E-state index in [1.165, 1.54) is 6.20 Å². The molecule has 4 rings (SSSR count). The second-order valence-electron chi connectivity index (χ2n) is 6.48. The number of benzene rings is 1. The molecule has 0 bridgehead atoms. The van der Waals surface area contributed by atoms with Crippen LogP contribution in [-0.4, -0.2) is 40.6 Å². The lowest BCUT2D eigenvalue weighted by atomic mass is 10.1. The molecule has 1 aliphatic rings. The minimum absolute atomic E-state index is 0.0732. The second-order valence-corrected chi connectivity index (χ2v) is 8.71. The van der Waals surface area contributed by atoms with Crippen molar-refractivity contribution in [3.63, 3.8) is 0 Å². The Morgan fingerprint density at radius 1 is 1.27 bits per heavy atom. The first kappa shape index (κ1) is 16.7. The number of nitrogens with one attached hydrogen (secondary N) is 1. The van der Waals surface area contributed by atoms with Gasteiger partial charge in [0.25, 0.3) is 5.91 Å². The Bertz CT molecular complexity index is 1100. The third-order valence-electron chi connectivity index (χ3n) is 4.72. The van der Waals surface area contributed by atoms with Crippen molar-refractivity contribution in [1.29, 1.82) is 0 Å². The zero-order chi connectivity index (χ0) is 18.3. The van der Waals surface area contributed by atoms with Crippen molar-refractivity contribution < 1.29 is 13.2 Å². The predicted octanol–water partition coefficient (Wildman–Crippen LogP) is 2.35. The van der Waals surface area contributed by atoms with Gasteiger partial charge in [-0.05, 0) is 25.5 Å². The van der Waals surface area contributed by atoms with Gasteiger partial charge in [-0.3, -0.25) is 14.5 Å². The first-order valence-electron chi connectivity index (χ1n) is 8.34. The van der Waals surface area contributed by atoms with Gasteiger partial charge in [0.1, 0.15) is 0 Å². The van der Waals surface area contributed by atoms with Gasteiger partial charge in [-0.1, -0.05) is 18.2 Å². The second kappa shape index (κ2) is 6.21. The summed E-state index contributed by atoms with van der Waals surface area (Å²) in [6.45, 7) is 1.79. The summed E-state index contributed by atoms with van der Waals surface area (Å²) in [5, 5.41) is 8.09. The van der Waals surface area contributed by atoms with E-state index >= 15 is 0 Å². The third kappa shape index (κ3) is 2.96. The summed E-state index contributed by atoms with van der Waals surface area (Å²) in [6, 6.07) is 9.16. The van der Waals surface area contributed by atoms with E-state index in [1.807, 2.05) is 24.3 Å². The molecule has 1 aliphatic heterocycles. The van der Waals surface area contributed by atoms with Crippen LogP contribution in [0.25, 0.3) is 10.9 Å². The molecule has 1 N–H and O–H groups in total. The maximum atomic E-state index is 12.7. The molecule has 1 amide bonds. The Labute approximate surface area is 151 Å². The van der Waals surface area contributed by atoms with Gasteiger partial charge in [-0.2, -0.15) is 5.10 Å². The molecule has 0 spiro atoms. The lowest BCUT2D eigenvalue weighted by Crippen LogP contribution is -2.16. The van der Waals surface area contributed by atoms with Crippen LogP contribution in [0.3, 0.4) is 0 Å². The average molecular weight is 370 g/mol. The summed E-state index contributed by atoms with van der Waals surface area (Å²) in [5.41, 5.74) is 2.44. The molecule has 1 aromatic carbocycles. The molecule has 0 aliphatic carbocycles. The predicted molar refractivity (Wildman–Crippen MR) is 99.0 cm³/mol. The number of rotatable bonds is 3. The molecule has 3 heterocycles. The van der Waals surface area contributed by atoms with Gasteiger partial charge in [0.2, 0.25) is 0 Å². The summed E-state index contributed by atoms with van der Waals surface area (Å²) >= 11 is 0. The highest BCUT2D eigenvalue weighted by Gasteiger charge is 2.31. The van der Waals surface area contributed by atoms with Gasteiger partial charge in [-0.25, -0.2) is 8.42 Å². The molecule has 3 aromatic rings. The summed E-state index contributed by atoms with van der Waals surface area (Å²) in [5.74, 6) is -0.0444. The van der Waals surface area contributed by atoms with Crippen LogP contribution in [0.2, 0.25) is 0 Å². The number of amides is 1. The number of hydrogen-bond acceptors (Lipinski definition) is 5. The van der Waals surface area contributed by atoms with E-state index in [4.69, 9.17) is 0 Å². The molecule has 0 radical (unpaired) electrons. The summed E-state index contributed by atoms with van der Waals surface area (Å²) in [4.78, 5) is 17.1. The minimum atomic E-state index is -3.01. The third-order valence-corrected chi connectivity index (χ3v) is 6.47. The summed E-state index contributed by atoms with van der Waals surface area (Å²) in [7, 11) is -3.01. The van der Waals surface area contributed by atoms with Crippen LogP contribution in [-0.2, 0) is 9.84 Å². The maximum Gasteiger partial charge on any atom is 0.259 e. The van der Waals surface area contributed by atoms with Crippen molar-refractivity contribution in [2.75, 3.05) is 16.8 Å². The number of pyridine rings is 1. The van der Waals surface area contributed by atoms with Gasteiger partial charge in [0.05, 0.1) is 40.5 Å². The van der Waals surface area contributed by atoms with Crippen molar-refractivity contribution in [1.82, 2.24) is 14.8 Å². The number of aromatic nitrogens is 3. The zero-order valence-corrected chi connectivity index (χ0v) is 15.0. The Morgan fingerprint density at radius 2 is 2.08 bits per heavy atom. The van der Waals surface area contributed by atoms with E-state index in [9.17, 15) is 13.2 Å². The minimum Gasteiger partial charge on any atom is -0.320 e. The van der Waals surface area contributed by atoms with Crippen LogP contribution in [0, 0.1) is 6.92 Å². The van der Waals surface area contributed by atoms with Gasteiger partial charge in [0, 0.05) is 17.3 Å². The number of carbonyl (C=O) groups excluding carboxylic acids is 1. The highest BCUT2D eigenvalue weighted by atomic mass is 32.2. The number of hydrogen-bond donors (Lipinski definition) is 1. The van der Waals surface area contributed by atoms with E-state index < -0.39 is 9.84 Å². The van der Waals surface area contributed by atoms with Crippen LogP contribution in [0.15, 0.2) is 42.7 Å². The van der Waals surface area contributed by atoms with Crippen LogP contribution in [0.4, 0.5) is 5.69 Å². The molecule has 8 heteroatoms. The number of nitrogens with zero attached hydrogens (tertiary/aromatic N) is 3. The number of fused-ring (bicyclic) bond motifs is 1. The first-order chi connectivity index (χ1) is 12.4. The SMILES string of the molecule is Cc1c(C(=O)Nc2cccc3cccnc23)cnn1C1CCS(=O)(=O)C1. The topological polar surface area (TPSA) is 93.9 Å². The first-order valence-corrected chi connectivity index (χ1v) is 10.2. The fraction of sp³-hybridized carbons (Fsp3) is 0.278. The molecule has 0 saturated carbocycles. The smallest absolute Gasteiger partial charge is 0.259 e. The Hall–Kier alpha value is -2.74. The zero-order valence-electron chi connectivity index (χ0n) is 14.2. The maximum absolute atomic E-state index is 12.7. The normalized spacial score (nSPS) is 18.9. The van der Waals surface area contributed by atoms with Crippen LogP contribution < -0.4 is 5.32 Å². The number of carbonyl (C=O) groups is 1. The van der Waals surface area contributed by atoms with Crippen LogP contribution in [0.5, 0.6) is 0 Å². The number of para-hydroxylation sites is 1. The monoisotopic (exact) mass is 370 g/mol. The molecule has 26 heavy (non-hydrogen) atoms. The van der Waals surface area contributed by atoms with E-state index in [0.29, 0.717) is 23.4 Å². The molecule has 134 valence electrons. The van der Waals surface area contributed by atoms with E-state index in [2.05, 4.69) is 15.4 Å². The van der Waals surface area contributed by atoms with Gasteiger partial charge in [0.15, 0.2) is 9.84 Å². The van der Waals surface area contributed by atoms with Crippen LogP contribution in [0.1, 0.15) is 28.5 Å². The van der Waals surface area contributed by atoms with Crippen LogP contribution >= 0.6 is 0 Å². The van der Waals surface area contributed by atoms with E-state index in [1.54, 1.807) is 23.9 Å². The van der Waals surface area contributed by atoms with E-state index in [0.717, 1.165) is 10.9 Å². The van der Waals surface area contributed by atoms with Crippen molar-refractivity contribution >= 4 is 32.3 Å². The fourth-order valence-electron chi connectivity index (χ4n) is 3.38. The quantitative estimate of drug-likeness (QED) is 0.764. The molecular formula is C18H18N4O3S. The average Bonchev–Trinajstić information content (AvgIpc) is 3.17. The van der Waals surface area contributed by atoms with Crippen molar-refractivity contribution in [2.45, 2.75) is 19.4 Å². The van der Waals surface area contributed by atoms with Gasteiger partial charge >= 0.3 is 0 Å². The Kier molecular flexibility index (Phi) is 3.99. The Morgan fingerprint density at radius 3 is 2.85 bits per heavy atom. The molecule has 1 fully saturated rings. The molecule has 7 nitrogen and oxygen atoms in total. The highest BCUT2D eigenvalue weighted by molar-refractivity contribution is 7.91. The van der Waals surface area contributed by atoms with Gasteiger partial charge < -0.3 is 5.32 Å². The standard InChI is InChI=1S/C18H18N4O3S/c1-12-15(10-20-22(12)14-7-9-26(24,25)11-14)18(23)21-16-6-2-4-13-5-3-8-19-17(13)16/h2-6,8,10,14H,7,9,11H2,1H3,(H,21,23). The van der Waals surface area contributed by atoms with Gasteiger partial charge in [-0.15, -0.1) is 0 Å². The molecule has 1 atom stereocenters. The molecular weight excluding hydrogens is 352 g/mol. The highest BCUT2D eigenvalue weighted by Crippen LogP contribution is 2.26. The largest absolute Gasteiger partial charge is 0.320 e. The lowest BCUT2D eigenvalue weighted by Gasteiger charge is -2.12. The molecule has 1 saturated heterocycles. The number of sulfone groups is 1.